The van der Waals surface area contributed by atoms with E-state index in [1.54, 1.807) is 13.3 Å². The molecule has 0 aliphatic rings. The molecule has 0 amide bonds. The van der Waals surface area contributed by atoms with Crippen LogP contribution in [0.25, 0.3) is 0 Å². The minimum atomic E-state index is 0.557. The summed E-state index contributed by atoms with van der Waals surface area (Å²) in [5, 5.41) is 6.89. The van der Waals surface area contributed by atoms with Crippen molar-refractivity contribution in [1.29, 1.82) is 0 Å². The van der Waals surface area contributed by atoms with Gasteiger partial charge in [-0.2, -0.15) is 0 Å². The van der Waals surface area contributed by atoms with E-state index in [2.05, 4.69) is 15.6 Å². The van der Waals surface area contributed by atoms with Gasteiger partial charge in [0, 0.05) is 44.2 Å². The zero-order valence-electron chi connectivity index (χ0n) is 13.0. The van der Waals surface area contributed by atoms with Gasteiger partial charge >= 0.3 is 0 Å². The van der Waals surface area contributed by atoms with Gasteiger partial charge in [0.05, 0.1) is 7.11 Å². The van der Waals surface area contributed by atoms with E-state index in [1.807, 2.05) is 55.4 Å². The zero-order chi connectivity index (χ0) is 15.9. The fraction of sp³-hybridized carbons (Fsp3) is 0.250. The Balaban J connectivity index is 1.95. The van der Waals surface area contributed by atoms with Crippen LogP contribution in [-0.2, 0) is 6.54 Å². The summed E-state index contributed by atoms with van der Waals surface area (Å²) >= 11 is 5.33. The van der Waals surface area contributed by atoms with Gasteiger partial charge in [-0.25, -0.2) is 4.98 Å². The third kappa shape index (κ3) is 4.33. The van der Waals surface area contributed by atoms with Crippen molar-refractivity contribution >= 4 is 28.8 Å². The summed E-state index contributed by atoms with van der Waals surface area (Å²) in [6, 6.07) is 11.6. The van der Waals surface area contributed by atoms with Crippen LogP contribution in [-0.4, -0.2) is 31.3 Å². The van der Waals surface area contributed by atoms with Crippen molar-refractivity contribution in [2.75, 3.05) is 31.4 Å². The number of hydrogen-bond acceptors (Lipinski definition) is 4. The molecule has 0 saturated heterocycles. The van der Waals surface area contributed by atoms with E-state index < -0.39 is 0 Å². The van der Waals surface area contributed by atoms with Gasteiger partial charge in [0.1, 0.15) is 11.6 Å². The van der Waals surface area contributed by atoms with E-state index in [9.17, 15) is 0 Å². The maximum absolute atomic E-state index is 5.33. The Kier molecular flexibility index (Phi) is 5.55. The second-order valence-corrected chi connectivity index (χ2v) is 5.33. The highest BCUT2D eigenvalue weighted by Gasteiger charge is 2.06. The molecule has 0 atom stereocenters. The highest BCUT2D eigenvalue weighted by atomic mass is 32.1. The smallest absolute Gasteiger partial charge is 0.171 e. The SMILES string of the molecule is COc1cccc(NC(=S)NCc2cccnc2N(C)C)c1. The van der Waals surface area contributed by atoms with Crippen molar-refractivity contribution in [2.45, 2.75) is 6.54 Å². The van der Waals surface area contributed by atoms with Crippen molar-refractivity contribution < 1.29 is 4.74 Å². The Bertz CT molecular complexity index is 646. The molecule has 0 fully saturated rings. The standard InChI is InChI=1S/C16H20N4OS/c1-20(2)15-12(6-5-9-17-15)11-18-16(22)19-13-7-4-8-14(10-13)21-3/h4-10H,11H2,1-3H3,(H2,18,19,22). The Hall–Kier alpha value is -2.34. The number of nitrogens with one attached hydrogen (secondary N) is 2. The maximum Gasteiger partial charge on any atom is 0.171 e. The summed E-state index contributed by atoms with van der Waals surface area (Å²) in [7, 11) is 5.58. The van der Waals surface area contributed by atoms with E-state index in [0.29, 0.717) is 11.7 Å². The minimum Gasteiger partial charge on any atom is -0.497 e. The number of anilines is 2. The molecule has 5 nitrogen and oxygen atoms in total. The summed E-state index contributed by atoms with van der Waals surface area (Å²) in [5.41, 5.74) is 1.97. The molecule has 1 aromatic heterocycles. The number of benzene rings is 1. The lowest BCUT2D eigenvalue weighted by Crippen LogP contribution is -2.28. The normalized spacial score (nSPS) is 9.95. The summed E-state index contributed by atoms with van der Waals surface area (Å²) in [6.07, 6.45) is 1.78. The molecule has 2 N–H and O–H groups in total. The quantitative estimate of drug-likeness (QED) is 0.827. The van der Waals surface area contributed by atoms with Crippen LogP contribution in [0.2, 0.25) is 0 Å². The summed E-state index contributed by atoms with van der Waals surface area (Å²) in [4.78, 5) is 6.35. The van der Waals surface area contributed by atoms with Crippen LogP contribution < -0.4 is 20.3 Å². The molecule has 22 heavy (non-hydrogen) atoms. The maximum atomic E-state index is 5.33. The lowest BCUT2D eigenvalue weighted by Gasteiger charge is -2.17. The Morgan fingerprint density at radius 2 is 2.09 bits per heavy atom. The Labute approximate surface area is 136 Å². The number of aromatic nitrogens is 1. The second kappa shape index (κ2) is 7.61. The first-order valence-electron chi connectivity index (χ1n) is 6.90. The van der Waals surface area contributed by atoms with E-state index in [4.69, 9.17) is 17.0 Å². The average Bonchev–Trinajstić information content (AvgIpc) is 2.53. The van der Waals surface area contributed by atoms with Crippen LogP contribution in [0.15, 0.2) is 42.6 Å². The van der Waals surface area contributed by atoms with Gasteiger partial charge in [0.25, 0.3) is 0 Å². The van der Waals surface area contributed by atoms with Gasteiger partial charge in [-0.3, -0.25) is 0 Å². The monoisotopic (exact) mass is 316 g/mol. The molecule has 1 aromatic carbocycles. The molecule has 0 aliphatic carbocycles. The minimum absolute atomic E-state index is 0.557. The molecular weight excluding hydrogens is 296 g/mol. The number of hydrogen-bond donors (Lipinski definition) is 2. The van der Waals surface area contributed by atoms with Crippen LogP contribution in [0.4, 0.5) is 11.5 Å². The van der Waals surface area contributed by atoms with E-state index in [-0.39, 0.29) is 0 Å². The van der Waals surface area contributed by atoms with E-state index >= 15 is 0 Å². The van der Waals surface area contributed by atoms with Crippen LogP contribution in [0.3, 0.4) is 0 Å². The fourth-order valence-corrected chi connectivity index (χ4v) is 2.21. The summed E-state index contributed by atoms with van der Waals surface area (Å²) in [6.45, 7) is 0.608. The third-order valence-electron chi connectivity index (χ3n) is 3.06. The Morgan fingerprint density at radius 3 is 2.82 bits per heavy atom. The molecule has 0 aliphatic heterocycles. The molecule has 6 heteroatoms. The first-order chi connectivity index (χ1) is 10.6. The molecule has 0 radical (unpaired) electrons. The summed E-state index contributed by atoms with van der Waals surface area (Å²) in [5.74, 6) is 1.72. The van der Waals surface area contributed by atoms with Crippen LogP contribution in [0, 0.1) is 0 Å². The van der Waals surface area contributed by atoms with Crippen molar-refractivity contribution in [1.82, 2.24) is 10.3 Å². The molecule has 2 rings (SSSR count). The second-order valence-electron chi connectivity index (χ2n) is 4.92. The van der Waals surface area contributed by atoms with Gasteiger partial charge in [-0.05, 0) is 30.4 Å². The predicted molar refractivity (Wildman–Crippen MR) is 94.6 cm³/mol. The molecule has 0 spiro atoms. The Morgan fingerprint density at radius 1 is 1.27 bits per heavy atom. The lowest BCUT2D eigenvalue weighted by atomic mass is 10.2. The van der Waals surface area contributed by atoms with Crippen LogP contribution in [0.1, 0.15) is 5.56 Å². The van der Waals surface area contributed by atoms with E-state index in [0.717, 1.165) is 22.8 Å². The molecular formula is C16H20N4OS. The lowest BCUT2D eigenvalue weighted by molar-refractivity contribution is 0.415. The van der Waals surface area contributed by atoms with E-state index in [1.165, 1.54) is 0 Å². The van der Waals surface area contributed by atoms with Gasteiger partial charge < -0.3 is 20.3 Å². The van der Waals surface area contributed by atoms with Crippen LogP contribution in [0.5, 0.6) is 5.75 Å². The molecule has 0 saturated carbocycles. The number of pyridine rings is 1. The molecule has 2 aromatic rings. The average molecular weight is 316 g/mol. The van der Waals surface area contributed by atoms with Gasteiger partial charge in [-0.15, -0.1) is 0 Å². The van der Waals surface area contributed by atoms with Gasteiger partial charge in [0.15, 0.2) is 5.11 Å². The first kappa shape index (κ1) is 16.0. The van der Waals surface area contributed by atoms with Crippen molar-refractivity contribution in [3.63, 3.8) is 0 Å². The fourth-order valence-electron chi connectivity index (χ4n) is 2.02. The zero-order valence-corrected chi connectivity index (χ0v) is 13.8. The largest absolute Gasteiger partial charge is 0.497 e. The number of methoxy groups -OCH3 is 1. The van der Waals surface area contributed by atoms with Crippen LogP contribution >= 0.6 is 12.2 Å². The number of nitrogens with zero attached hydrogens (tertiary/aromatic N) is 2. The van der Waals surface area contributed by atoms with Crippen molar-refractivity contribution in [3.8, 4) is 5.75 Å². The molecule has 116 valence electrons. The number of rotatable bonds is 5. The van der Waals surface area contributed by atoms with Gasteiger partial charge in [-0.1, -0.05) is 12.1 Å². The summed E-state index contributed by atoms with van der Waals surface area (Å²) < 4.78 is 5.19. The third-order valence-corrected chi connectivity index (χ3v) is 3.30. The number of thiocarbonyl (C=S) groups is 1. The molecule has 0 unspecified atom stereocenters. The van der Waals surface area contributed by atoms with Crippen molar-refractivity contribution in [2.24, 2.45) is 0 Å². The first-order valence-corrected chi connectivity index (χ1v) is 7.31. The highest BCUT2D eigenvalue weighted by molar-refractivity contribution is 7.80. The molecule has 1 heterocycles. The highest BCUT2D eigenvalue weighted by Crippen LogP contribution is 2.17. The van der Waals surface area contributed by atoms with Crippen molar-refractivity contribution in [3.05, 3.63) is 48.2 Å². The number of ether oxygens (including phenoxy) is 1. The molecule has 0 bridgehead atoms. The topological polar surface area (TPSA) is 49.4 Å². The van der Waals surface area contributed by atoms with Gasteiger partial charge in [0.2, 0.25) is 0 Å². The predicted octanol–water partition coefficient (Wildman–Crippen LogP) is 2.64.